The van der Waals surface area contributed by atoms with Crippen LogP contribution in [0.25, 0.3) is 0 Å². The smallest absolute Gasteiger partial charge is 0.192 e. The van der Waals surface area contributed by atoms with Gasteiger partial charge in [0.15, 0.2) is 11.3 Å². The summed E-state index contributed by atoms with van der Waals surface area (Å²) in [5, 5.41) is 13.3. The van der Waals surface area contributed by atoms with Crippen LogP contribution in [0.3, 0.4) is 0 Å². The van der Waals surface area contributed by atoms with E-state index in [9.17, 15) is 10.1 Å². The summed E-state index contributed by atoms with van der Waals surface area (Å²) in [6.07, 6.45) is 1.23. The molecule has 0 radical (unpaired) electrons. The van der Waals surface area contributed by atoms with Crippen molar-refractivity contribution in [2.24, 2.45) is 0 Å². The molecule has 1 fully saturated rings. The third-order valence-corrected chi connectivity index (χ3v) is 2.73. The van der Waals surface area contributed by atoms with Gasteiger partial charge in [-0.2, -0.15) is 0 Å². The summed E-state index contributed by atoms with van der Waals surface area (Å²) in [7, 11) is 0. The molecule has 1 unspecified atom stereocenters. The van der Waals surface area contributed by atoms with Crippen molar-refractivity contribution < 1.29 is 5.03 Å². The minimum atomic E-state index is -0.546. The summed E-state index contributed by atoms with van der Waals surface area (Å²) >= 11 is 5.69. The van der Waals surface area contributed by atoms with Crippen molar-refractivity contribution in [3.63, 3.8) is 0 Å². The highest BCUT2D eigenvalue weighted by atomic mass is 35.5. The van der Waals surface area contributed by atoms with Crippen molar-refractivity contribution in [3.8, 4) is 0 Å². The van der Waals surface area contributed by atoms with Gasteiger partial charge in [0.1, 0.15) is 5.15 Å². The van der Waals surface area contributed by atoms with Gasteiger partial charge in [0, 0.05) is 25.8 Å². The summed E-state index contributed by atoms with van der Waals surface area (Å²) < 4.78 is 0. The van der Waals surface area contributed by atoms with Crippen LogP contribution in [0.4, 0.5) is 0 Å². The topological polar surface area (TPSA) is 83.3 Å². The van der Waals surface area contributed by atoms with Gasteiger partial charge in [0.25, 0.3) is 0 Å². The molecule has 2 rings (SSSR count). The van der Waals surface area contributed by atoms with E-state index in [-0.39, 0.29) is 0 Å². The Morgan fingerprint density at radius 1 is 1.71 bits per heavy atom. The van der Waals surface area contributed by atoms with Crippen molar-refractivity contribution in [1.29, 1.82) is 0 Å². The quantitative estimate of drug-likeness (QED) is 0.456. The Kier molecular flexibility index (Phi) is 3.72. The zero-order valence-corrected chi connectivity index (χ0v) is 9.72. The van der Waals surface area contributed by atoms with E-state index in [4.69, 9.17) is 11.6 Å². The number of rotatable bonds is 4. The second kappa shape index (κ2) is 5.26. The molecule has 7 nitrogen and oxygen atoms in total. The molecule has 0 aromatic carbocycles. The second-order valence-corrected chi connectivity index (χ2v) is 4.09. The van der Waals surface area contributed by atoms with E-state index in [0.717, 1.165) is 12.1 Å². The molecule has 1 aliphatic rings. The highest BCUT2D eigenvalue weighted by molar-refractivity contribution is 6.29. The maximum absolute atomic E-state index is 10.4. The third-order valence-electron chi connectivity index (χ3n) is 2.50. The van der Waals surface area contributed by atoms with Gasteiger partial charge < -0.3 is 0 Å². The molecule has 0 saturated carbocycles. The first kappa shape index (κ1) is 12.0. The maximum atomic E-state index is 10.4. The summed E-state index contributed by atoms with van der Waals surface area (Å²) in [6, 6.07) is 3.56. The van der Waals surface area contributed by atoms with Crippen LogP contribution in [-0.4, -0.2) is 34.3 Å². The van der Waals surface area contributed by atoms with Crippen LogP contribution in [0.1, 0.15) is 5.56 Å². The summed E-state index contributed by atoms with van der Waals surface area (Å²) in [4.78, 5) is 16.3. The van der Waals surface area contributed by atoms with E-state index in [1.807, 2.05) is 11.0 Å². The first-order chi connectivity index (χ1) is 8.15. The minimum Gasteiger partial charge on any atom is -0.279 e. The van der Waals surface area contributed by atoms with E-state index in [1.54, 1.807) is 12.3 Å². The molecule has 0 amide bonds. The van der Waals surface area contributed by atoms with Crippen LogP contribution in [-0.2, 0) is 6.54 Å². The molecule has 2 heterocycles. The molecule has 1 aromatic heterocycles. The van der Waals surface area contributed by atoms with Crippen LogP contribution in [0.2, 0.25) is 5.15 Å². The van der Waals surface area contributed by atoms with E-state index in [0.29, 0.717) is 18.2 Å². The molecule has 2 N–H and O–H groups in total. The fourth-order valence-corrected chi connectivity index (χ4v) is 1.85. The number of nitrogens with zero attached hydrogens (tertiary/aromatic N) is 3. The number of pyridine rings is 1. The van der Waals surface area contributed by atoms with Crippen LogP contribution < -0.4 is 10.7 Å². The highest BCUT2D eigenvalue weighted by Crippen LogP contribution is 2.10. The number of hydrogen-bond acceptors (Lipinski definition) is 5. The fourth-order valence-electron chi connectivity index (χ4n) is 1.74. The predicted molar refractivity (Wildman–Crippen MR) is 61.6 cm³/mol. The van der Waals surface area contributed by atoms with Crippen molar-refractivity contribution in [2.45, 2.75) is 12.8 Å². The number of aromatic nitrogens is 1. The molecule has 0 spiro atoms. The van der Waals surface area contributed by atoms with E-state index in [2.05, 4.69) is 15.7 Å². The van der Waals surface area contributed by atoms with Gasteiger partial charge in [-0.25, -0.2) is 15.1 Å². The first-order valence-corrected chi connectivity index (χ1v) is 5.51. The molecule has 1 aromatic rings. The molecule has 0 aliphatic carbocycles. The Morgan fingerprint density at radius 3 is 3.18 bits per heavy atom. The molecular formula is C9H12ClN5O2. The summed E-state index contributed by atoms with van der Waals surface area (Å²) in [6.45, 7) is 2.04. The SMILES string of the molecule is O=[N+]([O-])NC1NCCN1Cc1ccc(Cl)nc1. The maximum Gasteiger partial charge on any atom is 0.192 e. The van der Waals surface area contributed by atoms with E-state index < -0.39 is 11.3 Å². The van der Waals surface area contributed by atoms with E-state index in [1.165, 1.54) is 0 Å². The van der Waals surface area contributed by atoms with Crippen LogP contribution in [0.15, 0.2) is 18.3 Å². The molecule has 17 heavy (non-hydrogen) atoms. The van der Waals surface area contributed by atoms with Gasteiger partial charge in [-0.3, -0.25) is 10.2 Å². The number of halogens is 1. The van der Waals surface area contributed by atoms with Crippen LogP contribution >= 0.6 is 11.6 Å². The molecule has 1 aliphatic heterocycles. The number of nitrogens with one attached hydrogen (secondary N) is 2. The molecule has 1 atom stereocenters. The second-order valence-electron chi connectivity index (χ2n) is 3.70. The van der Waals surface area contributed by atoms with Gasteiger partial charge in [-0.15, -0.1) is 5.43 Å². The van der Waals surface area contributed by atoms with E-state index >= 15 is 0 Å². The molecule has 0 bridgehead atoms. The summed E-state index contributed by atoms with van der Waals surface area (Å²) in [5.41, 5.74) is 3.18. The van der Waals surface area contributed by atoms with Crippen molar-refractivity contribution in [3.05, 3.63) is 39.2 Å². The lowest BCUT2D eigenvalue weighted by Gasteiger charge is -2.20. The van der Waals surface area contributed by atoms with Gasteiger partial charge in [-0.05, 0) is 11.6 Å². The Bertz CT molecular complexity index is 399. The van der Waals surface area contributed by atoms with Crippen LogP contribution in [0.5, 0.6) is 0 Å². The average Bonchev–Trinajstić information content (AvgIpc) is 2.68. The Hall–Kier alpha value is -1.44. The van der Waals surface area contributed by atoms with Gasteiger partial charge in [0.2, 0.25) is 0 Å². The average molecular weight is 258 g/mol. The van der Waals surface area contributed by atoms with Crippen molar-refractivity contribution in [1.82, 2.24) is 20.6 Å². The predicted octanol–water partition coefficient (Wildman–Crippen LogP) is 0.205. The fraction of sp³-hybridized carbons (Fsp3) is 0.444. The Morgan fingerprint density at radius 2 is 2.53 bits per heavy atom. The zero-order valence-electron chi connectivity index (χ0n) is 8.97. The molecule has 92 valence electrons. The number of hydrogen-bond donors (Lipinski definition) is 2. The van der Waals surface area contributed by atoms with Gasteiger partial charge in [0.05, 0.1) is 0 Å². The largest absolute Gasteiger partial charge is 0.279 e. The van der Waals surface area contributed by atoms with Gasteiger partial charge in [-0.1, -0.05) is 17.7 Å². The number of nitro groups is 1. The third kappa shape index (κ3) is 3.26. The lowest BCUT2D eigenvalue weighted by atomic mass is 10.3. The lowest BCUT2D eigenvalue weighted by molar-refractivity contribution is -0.556. The number of hydrazine groups is 1. The standard InChI is InChI=1S/C9H12ClN5O2/c10-8-2-1-7(5-12-8)6-14-4-3-11-9(14)13-15(16)17/h1-2,5,9,11,13H,3-4,6H2. The summed E-state index contributed by atoms with van der Waals surface area (Å²) in [5.74, 6) is 0. The lowest BCUT2D eigenvalue weighted by Crippen LogP contribution is -2.49. The van der Waals surface area contributed by atoms with Crippen LogP contribution in [0, 0.1) is 10.1 Å². The highest BCUT2D eigenvalue weighted by Gasteiger charge is 2.27. The van der Waals surface area contributed by atoms with Crippen molar-refractivity contribution in [2.75, 3.05) is 13.1 Å². The molecule has 1 saturated heterocycles. The zero-order chi connectivity index (χ0) is 12.3. The van der Waals surface area contributed by atoms with Crippen molar-refractivity contribution >= 4 is 11.6 Å². The minimum absolute atomic E-state index is 0.438. The Labute approximate surface area is 103 Å². The molecule has 8 heteroatoms. The molecular weight excluding hydrogens is 246 g/mol. The Balaban J connectivity index is 1.97. The van der Waals surface area contributed by atoms with Gasteiger partial charge >= 0.3 is 0 Å². The first-order valence-electron chi connectivity index (χ1n) is 5.13. The monoisotopic (exact) mass is 257 g/mol. The normalized spacial score (nSPS) is 20.4.